The van der Waals surface area contributed by atoms with Crippen molar-refractivity contribution in [3.8, 4) is 0 Å². The summed E-state index contributed by atoms with van der Waals surface area (Å²) in [6, 6.07) is 0.626. The molecule has 19 heavy (non-hydrogen) atoms. The number of aryl methyl sites for hydroxylation is 1. The van der Waals surface area contributed by atoms with Gasteiger partial charge in [0.15, 0.2) is 0 Å². The Hall–Kier alpha value is -1.36. The predicted molar refractivity (Wildman–Crippen MR) is 79.7 cm³/mol. The molecule has 5 heteroatoms. The number of likely N-dealkylation sites (N-methyl/N-ethyl adjacent to an activating group) is 1. The van der Waals surface area contributed by atoms with E-state index in [1.807, 2.05) is 13.1 Å². The van der Waals surface area contributed by atoms with Crippen molar-refractivity contribution in [2.75, 3.05) is 37.3 Å². The van der Waals surface area contributed by atoms with Crippen molar-refractivity contribution in [2.45, 2.75) is 39.2 Å². The molecule has 1 fully saturated rings. The normalized spacial score (nSPS) is 19.6. The van der Waals surface area contributed by atoms with Gasteiger partial charge in [0.2, 0.25) is 5.95 Å². The standard InChI is InChI=1S/C14H25N5/c1-4-7-15-14-17-9-11(2)13(18-14)16-10-12-6-5-8-19(12)3/h9,12H,4-8,10H2,1-3H3,(H2,15,16,17,18). The number of hydrogen-bond donors (Lipinski definition) is 2. The summed E-state index contributed by atoms with van der Waals surface area (Å²) >= 11 is 0. The Kier molecular flexibility index (Phi) is 4.96. The van der Waals surface area contributed by atoms with Gasteiger partial charge in [-0.2, -0.15) is 4.98 Å². The van der Waals surface area contributed by atoms with E-state index in [1.165, 1.54) is 19.4 Å². The van der Waals surface area contributed by atoms with Gasteiger partial charge in [-0.3, -0.25) is 0 Å². The van der Waals surface area contributed by atoms with E-state index in [2.05, 4.69) is 39.5 Å². The summed E-state index contributed by atoms with van der Waals surface area (Å²) in [5.41, 5.74) is 1.10. The molecule has 1 aromatic heterocycles. The van der Waals surface area contributed by atoms with E-state index in [-0.39, 0.29) is 0 Å². The van der Waals surface area contributed by atoms with Crippen molar-refractivity contribution in [3.63, 3.8) is 0 Å². The van der Waals surface area contributed by atoms with Crippen LogP contribution >= 0.6 is 0 Å². The highest BCUT2D eigenvalue weighted by Gasteiger charge is 2.20. The molecule has 0 bridgehead atoms. The highest BCUT2D eigenvalue weighted by molar-refractivity contribution is 5.46. The van der Waals surface area contributed by atoms with Gasteiger partial charge in [-0.25, -0.2) is 4.98 Å². The van der Waals surface area contributed by atoms with Crippen molar-refractivity contribution in [1.29, 1.82) is 0 Å². The molecule has 5 nitrogen and oxygen atoms in total. The van der Waals surface area contributed by atoms with Crippen LogP contribution in [0, 0.1) is 6.92 Å². The third-order valence-corrected chi connectivity index (χ3v) is 3.68. The van der Waals surface area contributed by atoms with Gasteiger partial charge < -0.3 is 15.5 Å². The van der Waals surface area contributed by atoms with E-state index in [0.717, 1.165) is 36.8 Å². The fraction of sp³-hybridized carbons (Fsp3) is 0.714. The molecule has 0 saturated carbocycles. The lowest BCUT2D eigenvalue weighted by molar-refractivity contribution is 0.322. The Labute approximate surface area is 115 Å². The van der Waals surface area contributed by atoms with E-state index in [1.54, 1.807) is 0 Å². The second-order valence-electron chi connectivity index (χ2n) is 5.31. The van der Waals surface area contributed by atoms with Crippen LogP contribution in [0.2, 0.25) is 0 Å². The molecule has 1 aliphatic heterocycles. The number of nitrogens with zero attached hydrogens (tertiary/aromatic N) is 3. The minimum Gasteiger partial charge on any atom is -0.368 e. The van der Waals surface area contributed by atoms with E-state index >= 15 is 0 Å². The molecule has 106 valence electrons. The molecule has 1 saturated heterocycles. The van der Waals surface area contributed by atoms with Gasteiger partial charge in [0, 0.05) is 30.9 Å². The van der Waals surface area contributed by atoms with Gasteiger partial charge in [0.1, 0.15) is 5.82 Å². The number of anilines is 2. The summed E-state index contributed by atoms with van der Waals surface area (Å²) in [4.78, 5) is 11.3. The fourth-order valence-electron chi connectivity index (χ4n) is 2.39. The summed E-state index contributed by atoms with van der Waals surface area (Å²) in [6.07, 6.45) is 5.53. The molecule has 1 atom stereocenters. The molecule has 1 aromatic rings. The maximum absolute atomic E-state index is 4.54. The van der Waals surface area contributed by atoms with E-state index in [0.29, 0.717) is 6.04 Å². The summed E-state index contributed by atoms with van der Waals surface area (Å²) in [5.74, 6) is 1.67. The van der Waals surface area contributed by atoms with Crippen LogP contribution < -0.4 is 10.6 Å². The molecule has 0 spiro atoms. The molecule has 2 N–H and O–H groups in total. The maximum atomic E-state index is 4.54. The van der Waals surface area contributed by atoms with Gasteiger partial charge in [-0.1, -0.05) is 6.92 Å². The molecule has 2 rings (SSSR count). The van der Waals surface area contributed by atoms with E-state index in [9.17, 15) is 0 Å². The highest BCUT2D eigenvalue weighted by Crippen LogP contribution is 2.17. The van der Waals surface area contributed by atoms with Crippen LogP contribution in [-0.4, -0.2) is 47.6 Å². The highest BCUT2D eigenvalue weighted by atomic mass is 15.2. The summed E-state index contributed by atoms with van der Waals surface area (Å²) in [7, 11) is 2.19. The predicted octanol–water partition coefficient (Wildman–Crippen LogP) is 2.11. The number of likely N-dealkylation sites (tertiary alicyclic amines) is 1. The first kappa shape index (κ1) is 14.1. The van der Waals surface area contributed by atoms with Crippen LogP contribution in [-0.2, 0) is 0 Å². The van der Waals surface area contributed by atoms with Crippen LogP contribution in [0.5, 0.6) is 0 Å². The minimum atomic E-state index is 0.626. The van der Waals surface area contributed by atoms with Crippen molar-refractivity contribution < 1.29 is 0 Å². The zero-order valence-corrected chi connectivity index (χ0v) is 12.2. The average Bonchev–Trinajstić information content (AvgIpc) is 2.82. The third-order valence-electron chi connectivity index (χ3n) is 3.68. The number of nitrogens with one attached hydrogen (secondary N) is 2. The molecule has 2 heterocycles. The van der Waals surface area contributed by atoms with Crippen molar-refractivity contribution >= 4 is 11.8 Å². The number of rotatable bonds is 6. The smallest absolute Gasteiger partial charge is 0.224 e. The number of aromatic nitrogens is 2. The first-order chi connectivity index (χ1) is 9.20. The lowest BCUT2D eigenvalue weighted by atomic mass is 10.2. The van der Waals surface area contributed by atoms with Gasteiger partial charge >= 0.3 is 0 Å². The zero-order chi connectivity index (χ0) is 13.7. The first-order valence-electron chi connectivity index (χ1n) is 7.22. The van der Waals surface area contributed by atoms with Gasteiger partial charge in [-0.05, 0) is 39.8 Å². The molecule has 0 radical (unpaired) electrons. The molecular formula is C14H25N5. The van der Waals surface area contributed by atoms with Crippen LogP contribution in [0.4, 0.5) is 11.8 Å². The Balaban J connectivity index is 1.94. The fourth-order valence-corrected chi connectivity index (χ4v) is 2.39. The zero-order valence-electron chi connectivity index (χ0n) is 12.2. The molecule has 0 amide bonds. The molecule has 0 aliphatic carbocycles. The van der Waals surface area contributed by atoms with Crippen LogP contribution in [0.1, 0.15) is 31.7 Å². The molecule has 0 aromatic carbocycles. The quantitative estimate of drug-likeness (QED) is 0.823. The van der Waals surface area contributed by atoms with Gasteiger partial charge in [0.05, 0.1) is 0 Å². The van der Waals surface area contributed by atoms with Crippen LogP contribution in [0.25, 0.3) is 0 Å². The Bertz CT molecular complexity index is 407. The van der Waals surface area contributed by atoms with Crippen LogP contribution in [0.3, 0.4) is 0 Å². The van der Waals surface area contributed by atoms with Crippen molar-refractivity contribution in [1.82, 2.24) is 14.9 Å². The first-order valence-corrected chi connectivity index (χ1v) is 7.22. The van der Waals surface area contributed by atoms with E-state index < -0.39 is 0 Å². The topological polar surface area (TPSA) is 53.1 Å². The third kappa shape index (κ3) is 3.80. The second-order valence-corrected chi connectivity index (χ2v) is 5.31. The molecular weight excluding hydrogens is 238 g/mol. The van der Waals surface area contributed by atoms with Crippen molar-refractivity contribution in [2.24, 2.45) is 0 Å². The maximum Gasteiger partial charge on any atom is 0.224 e. The molecule has 1 unspecified atom stereocenters. The number of hydrogen-bond acceptors (Lipinski definition) is 5. The molecule has 1 aliphatic rings. The lowest BCUT2D eigenvalue weighted by Crippen LogP contribution is -2.32. The van der Waals surface area contributed by atoms with Crippen LogP contribution in [0.15, 0.2) is 6.20 Å². The summed E-state index contributed by atoms with van der Waals surface area (Å²) < 4.78 is 0. The van der Waals surface area contributed by atoms with Gasteiger partial charge in [0.25, 0.3) is 0 Å². The monoisotopic (exact) mass is 263 g/mol. The Morgan fingerprint density at radius 2 is 2.26 bits per heavy atom. The summed E-state index contributed by atoms with van der Waals surface area (Å²) in [6.45, 7) is 7.26. The Morgan fingerprint density at radius 1 is 1.42 bits per heavy atom. The van der Waals surface area contributed by atoms with Crippen molar-refractivity contribution in [3.05, 3.63) is 11.8 Å². The summed E-state index contributed by atoms with van der Waals surface area (Å²) in [5, 5.41) is 6.70. The van der Waals surface area contributed by atoms with E-state index in [4.69, 9.17) is 0 Å². The SMILES string of the molecule is CCCNc1ncc(C)c(NCC2CCCN2C)n1. The average molecular weight is 263 g/mol. The Morgan fingerprint density at radius 3 is 2.95 bits per heavy atom. The largest absolute Gasteiger partial charge is 0.368 e. The van der Waals surface area contributed by atoms with Gasteiger partial charge in [-0.15, -0.1) is 0 Å². The minimum absolute atomic E-state index is 0.626. The second kappa shape index (κ2) is 6.70. The lowest BCUT2D eigenvalue weighted by Gasteiger charge is -2.20.